The molecule has 0 unspecified atom stereocenters. The Labute approximate surface area is 114 Å². The van der Waals surface area contributed by atoms with E-state index in [0.29, 0.717) is 11.3 Å². The van der Waals surface area contributed by atoms with Gasteiger partial charge in [-0.3, -0.25) is 4.79 Å². The van der Waals surface area contributed by atoms with Gasteiger partial charge in [0.15, 0.2) is 0 Å². The highest BCUT2D eigenvalue weighted by Gasteiger charge is 2.13. The summed E-state index contributed by atoms with van der Waals surface area (Å²) in [6.45, 7) is 0.900. The van der Waals surface area contributed by atoms with Crippen molar-refractivity contribution in [2.45, 2.75) is 38.5 Å². The molecule has 2 rings (SSSR count). The summed E-state index contributed by atoms with van der Waals surface area (Å²) in [6.07, 6.45) is 7.97. The highest BCUT2D eigenvalue weighted by molar-refractivity contribution is 6.00. The van der Waals surface area contributed by atoms with E-state index in [4.69, 9.17) is 11.5 Å². The van der Waals surface area contributed by atoms with E-state index in [9.17, 15) is 4.79 Å². The standard InChI is InChI=1S/C15H23N3O/c16-14-12(15(17)19)7-4-8-13(14)18-10-9-11-5-2-1-3-6-11/h4,7-8,11,18H,1-3,5-6,9-10,16H2,(H2,17,19). The van der Waals surface area contributed by atoms with E-state index in [1.54, 1.807) is 12.1 Å². The van der Waals surface area contributed by atoms with E-state index in [2.05, 4.69) is 5.32 Å². The Morgan fingerprint density at radius 1 is 1.26 bits per heavy atom. The molecule has 0 atom stereocenters. The lowest BCUT2D eigenvalue weighted by molar-refractivity contribution is 0.100. The number of hydrogen-bond donors (Lipinski definition) is 3. The summed E-state index contributed by atoms with van der Waals surface area (Å²) in [5.74, 6) is 0.357. The number of nitrogen functional groups attached to an aromatic ring is 1. The summed E-state index contributed by atoms with van der Waals surface area (Å²) < 4.78 is 0. The first-order valence-electron chi connectivity index (χ1n) is 7.10. The fraction of sp³-hybridized carbons (Fsp3) is 0.533. The van der Waals surface area contributed by atoms with Crippen molar-refractivity contribution in [1.82, 2.24) is 0 Å². The molecule has 1 saturated carbocycles. The first kappa shape index (κ1) is 13.7. The van der Waals surface area contributed by atoms with Gasteiger partial charge in [-0.1, -0.05) is 38.2 Å². The zero-order valence-electron chi connectivity index (χ0n) is 11.3. The van der Waals surface area contributed by atoms with Crippen LogP contribution in [0.25, 0.3) is 0 Å². The van der Waals surface area contributed by atoms with Crippen molar-refractivity contribution >= 4 is 17.3 Å². The minimum Gasteiger partial charge on any atom is -0.396 e. The average molecular weight is 261 g/mol. The Hall–Kier alpha value is -1.71. The zero-order chi connectivity index (χ0) is 13.7. The topological polar surface area (TPSA) is 81.1 Å². The molecule has 0 aliphatic heterocycles. The van der Waals surface area contributed by atoms with Crippen molar-refractivity contribution in [3.05, 3.63) is 23.8 Å². The van der Waals surface area contributed by atoms with Gasteiger partial charge in [-0.05, 0) is 24.5 Å². The van der Waals surface area contributed by atoms with Crippen LogP contribution in [0.2, 0.25) is 0 Å². The molecule has 0 aromatic heterocycles. The van der Waals surface area contributed by atoms with Gasteiger partial charge in [0.05, 0.1) is 16.9 Å². The largest absolute Gasteiger partial charge is 0.396 e. The Bertz CT molecular complexity index is 439. The van der Waals surface area contributed by atoms with Gasteiger partial charge in [-0.15, -0.1) is 0 Å². The minimum absolute atomic E-state index is 0.391. The molecule has 1 aliphatic rings. The van der Waals surface area contributed by atoms with Crippen molar-refractivity contribution < 1.29 is 4.79 Å². The van der Waals surface area contributed by atoms with Gasteiger partial charge >= 0.3 is 0 Å². The second-order valence-electron chi connectivity index (χ2n) is 5.35. The highest BCUT2D eigenvalue weighted by atomic mass is 16.1. The van der Waals surface area contributed by atoms with Crippen LogP contribution in [0, 0.1) is 5.92 Å². The molecule has 0 spiro atoms. The minimum atomic E-state index is -0.478. The third-order valence-electron chi connectivity index (χ3n) is 3.96. The van der Waals surface area contributed by atoms with E-state index in [-0.39, 0.29) is 0 Å². The lowest BCUT2D eigenvalue weighted by Crippen LogP contribution is -2.16. The smallest absolute Gasteiger partial charge is 0.250 e. The predicted molar refractivity (Wildman–Crippen MR) is 79.1 cm³/mol. The summed E-state index contributed by atoms with van der Waals surface area (Å²) in [7, 11) is 0. The molecular weight excluding hydrogens is 238 g/mol. The molecule has 4 nitrogen and oxygen atoms in total. The summed E-state index contributed by atoms with van der Waals surface area (Å²) in [4.78, 5) is 11.2. The summed E-state index contributed by atoms with van der Waals surface area (Å²) in [5, 5.41) is 3.32. The lowest BCUT2D eigenvalue weighted by Gasteiger charge is -2.22. The number of para-hydroxylation sites is 1. The Kier molecular flexibility index (Phi) is 4.66. The molecule has 5 N–H and O–H groups in total. The average Bonchev–Trinajstić information content (AvgIpc) is 2.41. The number of benzene rings is 1. The van der Waals surface area contributed by atoms with E-state index in [1.807, 2.05) is 6.07 Å². The SMILES string of the molecule is NC(=O)c1cccc(NCCC2CCCCC2)c1N. The Morgan fingerprint density at radius 3 is 2.68 bits per heavy atom. The highest BCUT2D eigenvalue weighted by Crippen LogP contribution is 2.27. The molecule has 1 fully saturated rings. The van der Waals surface area contributed by atoms with E-state index in [1.165, 1.54) is 38.5 Å². The van der Waals surface area contributed by atoms with Crippen molar-refractivity contribution in [3.63, 3.8) is 0 Å². The predicted octanol–water partition coefficient (Wildman–Crippen LogP) is 2.75. The lowest BCUT2D eigenvalue weighted by atomic mass is 9.87. The maximum Gasteiger partial charge on any atom is 0.250 e. The normalized spacial score (nSPS) is 16.2. The third-order valence-corrected chi connectivity index (χ3v) is 3.96. The molecule has 0 bridgehead atoms. The second kappa shape index (κ2) is 6.45. The fourth-order valence-electron chi connectivity index (χ4n) is 2.82. The maximum atomic E-state index is 11.2. The van der Waals surface area contributed by atoms with Crippen LogP contribution >= 0.6 is 0 Å². The summed E-state index contributed by atoms with van der Waals surface area (Å²) >= 11 is 0. The number of primary amides is 1. The quantitative estimate of drug-likeness (QED) is 0.713. The number of carbonyl (C=O) groups is 1. The first-order chi connectivity index (χ1) is 9.18. The van der Waals surface area contributed by atoms with Crippen LogP contribution in [0.3, 0.4) is 0 Å². The van der Waals surface area contributed by atoms with Crippen LogP contribution in [-0.4, -0.2) is 12.5 Å². The molecule has 1 aromatic rings. The molecule has 4 heteroatoms. The second-order valence-corrected chi connectivity index (χ2v) is 5.35. The molecule has 0 saturated heterocycles. The van der Waals surface area contributed by atoms with Crippen LogP contribution in [0.5, 0.6) is 0 Å². The van der Waals surface area contributed by atoms with Gasteiger partial charge in [0.1, 0.15) is 0 Å². The summed E-state index contributed by atoms with van der Waals surface area (Å²) in [5.41, 5.74) is 12.9. The van der Waals surface area contributed by atoms with Gasteiger partial charge in [-0.25, -0.2) is 0 Å². The molecular formula is C15H23N3O. The van der Waals surface area contributed by atoms with Gasteiger partial charge in [0, 0.05) is 6.54 Å². The Balaban J connectivity index is 1.88. The number of nitrogens with two attached hydrogens (primary N) is 2. The van der Waals surface area contributed by atoms with Crippen LogP contribution in [0.15, 0.2) is 18.2 Å². The Morgan fingerprint density at radius 2 is 2.00 bits per heavy atom. The van der Waals surface area contributed by atoms with Crippen LogP contribution < -0.4 is 16.8 Å². The molecule has 1 aromatic carbocycles. The first-order valence-corrected chi connectivity index (χ1v) is 7.10. The molecule has 0 heterocycles. The van der Waals surface area contributed by atoms with Crippen LogP contribution in [-0.2, 0) is 0 Å². The number of rotatable bonds is 5. The number of nitrogens with one attached hydrogen (secondary N) is 1. The maximum absolute atomic E-state index is 11.2. The van der Waals surface area contributed by atoms with E-state index in [0.717, 1.165) is 18.2 Å². The van der Waals surface area contributed by atoms with Gasteiger partial charge in [0.25, 0.3) is 5.91 Å². The van der Waals surface area contributed by atoms with Crippen molar-refractivity contribution in [2.24, 2.45) is 11.7 Å². The number of hydrogen-bond acceptors (Lipinski definition) is 3. The molecule has 1 amide bonds. The third kappa shape index (κ3) is 3.63. The van der Waals surface area contributed by atoms with Crippen molar-refractivity contribution in [2.75, 3.05) is 17.6 Å². The number of anilines is 2. The van der Waals surface area contributed by atoms with E-state index >= 15 is 0 Å². The molecule has 0 radical (unpaired) electrons. The summed E-state index contributed by atoms with van der Waals surface area (Å²) in [6, 6.07) is 5.35. The van der Waals surface area contributed by atoms with Crippen LogP contribution in [0.4, 0.5) is 11.4 Å². The molecule has 19 heavy (non-hydrogen) atoms. The van der Waals surface area contributed by atoms with Crippen molar-refractivity contribution in [3.8, 4) is 0 Å². The molecule has 1 aliphatic carbocycles. The zero-order valence-corrected chi connectivity index (χ0v) is 11.3. The fourth-order valence-corrected chi connectivity index (χ4v) is 2.82. The van der Waals surface area contributed by atoms with Gasteiger partial charge in [0.2, 0.25) is 0 Å². The van der Waals surface area contributed by atoms with Gasteiger partial charge < -0.3 is 16.8 Å². The van der Waals surface area contributed by atoms with Gasteiger partial charge in [-0.2, -0.15) is 0 Å². The van der Waals surface area contributed by atoms with Crippen molar-refractivity contribution in [1.29, 1.82) is 0 Å². The van der Waals surface area contributed by atoms with E-state index < -0.39 is 5.91 Å². The monoisotopic (exact) mass is 261 g/mol. The molecule has 104 valence electrons. The number of carbonyl (C=O) groups excluding carboxylic acids is 1. The van der Waals surface area contributed by atoms with Crippen LogP contribution in [0.1, 0.15) is 48.9 Å². The number of amides is 1.